The third kappa shape index (κ3) is 0.909. The number of fused-ring (bicyclic) bond motifs is 1. The van der Waals surface area contributed by atoms with Crippen LogP contribution in [0.25, 0.3) is 0 Å². The van der Waals surface area contributed by atoms with Crippen LogP contribution in [0.5, 0.6) is 0 Å². The predicted octanol–water partition coefficient (Wildman–Crippen LogP) is 1.49. The summed E-state index contributed by atoms with van der Waals surface area (Å²) in [7, 11) is 0. The van der Waals surface area contributed by atoms with E-state index in [9.17, 15) is 4.79 Å². The summed E-state index contributed by atoms with van der Waals surface area (Å²) in [5, 5.41) is 0. The lowest BCUT2D eigenvalue weighted by Gasteiger charge is -2.33. The molecule has 0 aliphatic carbocycles. The molecule has 2 rings (SSSR count). The summed E-state index contributed by atoms with van der Waals surface area (Å²) >= 11 is 0. The van der Waals surface area contributed by atoms with E-state index in [1.165, 1.54) is 0 Å². The van der Waals surface area contributed by atoms with Crippen molar-refractivity contribution in [2.45, 2.75) is 25.3 Å². The van der Waals surface area contributed by atoms with Crippen LogP contribution in [-0.4, -0.2) is 23.3 Å². The summed E-state index contributed by atoms with van der Waals surface area (Å²) in [6.07, 6.45) is 2.58. The highest BCUT2D eigenvalue weighted by Gasteiger charge is 2.37. The second-order valence-electron chi connectivity index (χ2n) is 3.54. The number of hydrogen-bond donors (Lipinski definition) is 0. The number of carbonyl (C=O) groups excluding carboxylic acids is 1. The fourth-order valence-electron chi connectivity index (χ4n) is 2.04. The van der Waals surface area contributed by atoms with Gasteiger partial charge in [0, 0.05) is 18.7 Å². The fraction of sp³-hybridized carbons (Fsp3) is 0.500. The van der Waals surface area contributed by atoms with Gasteiger partial charge >= 0.3 is 0 Å². The van der Waals surface area contributed by atoms with Crippen LogP contribution in [0, 0.1) is 0 Å². The van der Waals surface area contributed by atoms with Gasteiger partial charge in [-0.15, -0.1) is 0 Å². The Morgan fingerprint density at radius 3 is 2.67 bits per heavy atom. The number of nitrogens with zero attached hydrogens (tertiary/aromatic N) is 1. The highest BCUT2D eigenvalue weighted by Crippen LogP contribution is 2.32. The van der Waals surface area contributed by atoms with Crippen molar-refractivity contribution in [3.8, 4) is 0 Å². The van der Waals surface area contributed by atoms with Gasteiger partial charge in [0.25, 0.3) is 0 Å². The lowest BCUT2D eigenvalue weighted by molar-refractivity contribution is -0.119. The molecule has 0 amide bonds. The van der Waals surface area contributed by atoms with Gasteiger partial charge in [0.1, 0.15) is 6.04 Å². The van der Waals surface area contributed by atoms with E-state index in [-0.39, 0.29) is 6.04 Å². The minimum Gasteiger partial charge on any atom is -0.361 e. The van der Waals surface area contributed by atoms with E-state index in [0.29, 0.717) is 12.2 Å². The van der Waals surface area contributed by atoms with Crippen molar-refractivity contribution < 1.29 is 4.79 Å². The van der Waals surface area contributed by atoms with Crippen LogP contribution in [0.4, 0.5) is 0 Å². The lowest BCUT2D eigenvalue weighted by atomic mass is 9.95. The molecule has 0 aromatic heterocycles. The largest absolute Gasteiger partial charge is 0.361 e. The minimum absolute atomic E-state index is 0.0220. The Hall–Kier alpha value is -1.05. The van der Waals surface area contributed by atoms with Crippen LogP contribution in [0.15, 0.2) is 24.4 Å². The SMILES string of the molecule is C=C1CCC(=C)N2CCC(=O)C12. The highest BCUT2D eigenvalue weighted by atomic mass is 16.1. The van der Waals surface area contributed by atoms with Crippen molar-refractivity contribution >= 4 is 5.78 Å². The maximum Gasteiger partial charge on any atom is 0.161 e. The Kier molecular flexibility index (Phi) is 1.56. The maximum atomic E-state index is 11.4. The number of hydrogen-bond acceptors (Lipinski definition) is 2. The van der Waals surface area contributed by atoms with E-state index in [2.05, 4.69) is 18.1 Å². The first-order chi connectivity index (χ1) is 5.70. The molecule has 0 radical (unpaired) electrons. The molecule has 64 valence electrons. The van der Waals surface area contributed by atoms with Gasteiger partial charge in [-0.25, -0.2) is 0 Å². The van der Waals surface area contributed by atoms with Crippen molar-refractivity contribution in [1.82, 2.24) is 4.90 Å². The van der Waals surface area contributed by atoms with Gasteiger partial charge in [0.2, 0.25) is 0 Å². The number of rotatable bonds is 0. The molecule has 2 heterocycles. The van der Waals surface area contributed by atoms with E-state index < -0.39 is 0 Å². The average Bonchev–Trinajstić information content (AvgIpc) is 2.42. The van der Waals surface area contributed by atoms with Crippen LogP contribution in [0.2, 0.25) is 0 Å². The number of piperidine rings is 1. The standard InChI is InChI=1S/C10H13NO/c1-7-3-4-8(2)11-6-5-9(12)10(7)11/h10H,1-6H2. The maximum absolute atomic E-state index is 11.4. The molecule has 0 aromatic rings. The molecule has 2 aliphatic heterocycles. The molecule has 0 saturated carbocycles. The molecule has 0 spiro atoms. The first kappa shape index (κ1) is 7.59. The minimum atomic E-state index is -0.0220. The van der Waals surface area contributed by atoms with Gasteiger partial charge < -0.3 is 4.90 Å². The van der Waals surface area contributed by atoms with E-state index in [1.54, 1.807) is 0 Å². The Labute approximate surface area is 72.6 Å². The number of Topliss-reactive ketones (excluding diaryl/α,β-unsaturated/α-hetero) is 1. The lowest BCUT2D eigenvalue weighted by Crippen LogP contribution is -2.36. The summed E-state index contributed by atoms with van der Waals surface area (Å²) in [5.41, 5.74) is 2.18. The number of carbonyl (C=O) groups is 1. The summed E-state index contributed by atoms with van der Waals surface area (Å²) < 4.78 is 0. The zero-order chi connectivity index (χ0) is 8.72. The molecule has 2 fully saturated rings. The van der Waals surface area contributed by atoms with Crippen molar-refractivity contribution in [2.24, 2.45) is 0 Å². The second-order valence-corrected chi connectivity index (χ2v) is 3.54. The van der Waals surface area contributed by atoms with E-state index in [4.69, 9.17) is 0 Å². The van der Waals surface area contributed by atoms with Crippen molar-refractivity contribution in [2.75, 3.05) is 6.54 Å². The Bertz CT molecular complexity index is 267. The van der Waals surface area contributed by atoms with Crippen molar-refractivity contribution in [1.29, 1.82) is 0 Å². The van der Waals surface area contributed by atoms with Gasteiger partial charge in [0.15, 0.2) is 5.78 Å². The molecule has 2 saturated heterocycles. The molecule has 2 aliphatic rings. The highest BCUT2D eigenvalue weighted by molar-refractivity contribution is 5.89. The van der Waals surface area contributed by atoms with Crippen LogP contribution >= 0.6 is 0 Å². The molecule has 1 atom stereocenters. The normalized spacial score (nSPS) is 29.5. The molecule has 0 aromatic carbocycles. The summed E-state index contributed by atoms with van der Waals surface area (Å²) in [6.45, 7) is 8.74. The summed E-state index contributed by atoms with van der Waals surface area (Å²) in [4.78, 5) is 13.5. The van der Waals surface area contributed by atoms with Gasteiger partial charge in [-0.1, -0.05) is 13.2 Å². The third-order valence-corrected chi connectivity index (χ3v) is 2.74. The molecule has 1 unspecified atom stereocenters. The van der Waals surface area contributed by atoms with Gasteiger partial charge in [-0.2, -0.15) is 0 Å². The smallest absolute Gasteiger partial charge is 0.161 e. The Morgan fingerprint density at radius 2 is 2.00 bits per heavy atom. The van der Waals surface area contributed by atoms with Crippen LogP contribution < -0.4 is 0 Å². The first-order valence-corrected chi connectivity index (χ1v) is 4.35. The van der Waals surface area contributed by atoms with Crippen LogP contribution in [-0.2, 0) is 4.79 Å². The number of ketones is 1. The zero-order valence-electron chi connectivity index (χ0n) is 7.18. The summed E-state index contributed by atoms with van der Waals surface area (Å²) in [5.74, 6) is 0.320. The number of allylic oxidation sites excluding steroid dienone is 1. The molecule has 0 N–H and O–H groups in total. The molecule has 12 heavy (non-hydrogen) atoms. The van der Waals surface area contributed by atoms with Crippen LogP contribution in [0.3, 0.4) is 0 Å². The monoisotopic (exact) mass is 163 g/mol. The molecule has 2 heteroatoms. The zero-order valence-corrected chi connectivity index (χ0v) is 7.18. The van der Waals surface area contributed by atoms with Crippen molar-refractivity contribution in [3.05, 3.63) is 24.4 Å². The van der Waals surface area contributed by atoms with Gasteiger partial charge in [0.05, 0.1) is 0 Å². The Morgan fingerprint density at radius 1 is 1.25 bits per heavy atom. The predicted molar refractivity (Wildman–Crippen MR) is 47.6 cm³/mol. The van der Waals surface area contributed by atoms with E-state index >= 15 is 0 Å². The average molecular weight is 163 g/mol. The molecular weight excluding hydrogens is 150 g/mol. The molecule has 0 bridgehead atoms. The summed E-state index contributed by atoms with van der Waals surface area (Å²) in [6, 6.07) is -0.0220. The van der Waals surface area contributed by atoms with E-state index in [1.807, 2.05) is 0 Å². The van der Waals surface area contributed by atoms with Gasteiger partial charge in [-0.05, 0) is 18.4 Å². The fourth-order valence-corrected chi connectivity index (χ4v) is 2.04. The van der Waals surface area contributed by atoms with Crippen LogP contribution in [0.1, 0.15) is 19.3 Å². The van der Waals surface area contributed by atoms with Crippen molar-refractivity contribution in [3.63, 3.8) is 0 Å². The quantitative estimate of drug-likeness (QED) is 0.504. The van der Waals surface area contributed by atoms with Gasteiger partial charge in [-0.3, -0.25) is 4.79 Å². The van der Waals surface area contributed by atoms with E-state index in [0.717, 1.165) is 30.7 Å². The molecular formula is C10H13NO. The first-order valence-electron chi connectivity index (χ1n) is 4.35. The topological polar surface area (TPSA) is 20.3 Å². The molecule has 2 nitrogen and oxygen atoms in total. The third-order valence-electron chi connectivity index (χ3n) is 2.74. The Balaban J connectivity index is 2.30. The second kappa shape index (κ2) is 2.47.